The second-order valence-electron chi connectivity index (χ2n) is 4.27. The summed E-state index contributed by atoms with van der Waals surface area (Å²) < 4.78 is 26.6. The molecule has 0 aliphatic heterocycles. The highest BCUT2D eigenvalue weighted by atomic mass is 35.5. The van der Waals surface area contributed by atoms with Crippen LogP contribution < -0.4 is 9.79 Å². The molecular formula is C13H9BClF2N4+. The Morgan fingerprint density at radius 1 is 1.05 bits per heavy atom. The first kappa shape index (κ1) is 13.7. The van der Waals surface area contributed by atoms with Crippen LogP contribution in [0.15, 0.2) is 48.7 Å². The fraction of sp³-hybridized carbons (Fsp3) is 0. The summed E-state index contributed by atoms with van der Waals surface area (Å²) in [7, 11) is -2.64. The molecule has 0 aromatic carbocycles. The van der Waals surface area contributed by atoms with E-state index in [1.165, 1.54) is 12.3 Å². The average molecular weight is 306 g/mol. The first-order chi connectivity index (χ1) is 10.1. The zero-order valence-electron chi connectivity index (χ0n) is 10.7. The fourth-order valence-electron chi connectivity index (χ4n) is 1.91. The summed E-state index contributed by atoms with van der Waals surface area (Å²) in [6.07, 6.45) is 1.29. The summed E-state index contributed by atoms with van der Waals surface area (Å²) in [6, 6.07) is 11.7. The van der Waals surface area contributed by atoms with Gasteiger partial charge in [-0.25, -0.2) is 23.4 Å². The minimum Gasteiger partial charge on any atom is -0.240 e. The van der Waals surface area contributed by atoms with Crippen LogP contribution in [0.25, 0.3) is 11.0 Å². The SMILES string of the molecule is FB(F)[n+]1ccccc1Nc1ccc2ccc(Cl)nc2n1. The lowest BCUT2D eigenvalue weighted by atomic mass is 10.2. The van der Waals surface area contributed by atoms with Crippen LogP contribution in [0.3, 0.4) is 0 Å². The first-order valence-corrected chi connectivity index (χ1v) is 6.50. The molecule has 3 aromatic rings. The Hall–Kier alpha value is -2.28. The average Bonchev–Trinajstić information content (AvgIpc) is 2.47. The van der Waals surface area contributed by atoms with Gasteiger partial charge in [-0.15, -0.1) is 0 Å². The van der Waals surface area contributed by atoms with Gasteiger partial charge in [-0.3, -0.25) is 0 Å². The molecule has 1 N–H and O–H groups in total. The van der Waals surface area contributed by atoms with Crippen molar-refractivity contribution in [2.45, 2.75) is 0 Å². The Labute approximate surface area is 124 Å². The van der Waals surface area contributed by atoms with Gasteiger partial charge in [0.25, 0.3) is 5.82 Å². The van der Waals surface area contributed by atoms with E-state index in [4.69, 9.17) is 11.6 Å². The Bertz CT molecular complexity index is 800. The monoisotopic (exact) mass is 305 g/mol. The predicted octanol–water partition coefficient (Wildman–Crippen LogP) is 3.09. The number of rotatable bonds is 3. The van der Waals surface area contributed by atoms with Crippen LogP contribution >= 0.6 is 11.6 Å². The lowest BCUT2D eigenvalue weighted by molar-refractivity contribution is -0.538. The standard InChI is InChI=1S/C13H8BClF2N4/c15-10-6-4-9-5-7-11(20-13(9)18-10)19-12-3-1-2-8-21(12)14(16)17/h1-8H/p+1. The van der Waals surface area contributed by atoms with Gasteiger partial charge in [0, 0.05) is 17.5 Å². The van der Waals surface area contributed by atoms with Crippen molar-refractivity contribution in [3.05, 3.63) is 53.8 Å². The quantitative estimate of drug-likeness (QED) is 0.597. The van der Waals surface area contributed by atoms with Crippen molar-refractivity contribution in [2.75, 3.05) is 5.32 Å². The van der Waals surface area contributed by atoms with E-state index in [2.05, 4.69) is 15.3 Å². The minimum atomic E-state index is -2.64. The molecule has 4 nitrogen and oxygen atoms in total. The van der Waals surface area contributed by atoms with Crippen LogP contribution in [0, 0.1) is 0 Å². The molecule has 0 aliphatic carbocycles. The third-order valence-corrected chi connectivity index (χ3v) is 3.09. The summed E-state index contributed by atoms with van der Waals surface area (Å²) >= 11 is 5.82. The van der Waals surface area contributed by atoms with Crippen molar-refractivity contribution in [1.29, 1.82) is 0 Å². The van der Waals surface area contributed by atoms with E-state index < -0.39 is 7.40 Å². The molecule has 0 saturated carbocycles. The summed E-state index contributed by atoms with van der Waals surface area (Å²) in [5.74, 6) is 0.652. The largest absolute Gasteiger partial charge is 0.808 e. The van der Waals surface area contributed by atoms with E-state index in [1.54, 1.807) is 36.4 Å². The molecule has 3 rings (SSSR count). The van der Waals surface area contributed by atoms with Crippen molar-refractivity contribution in [3.63, 3.8) is 0 Å². The fourth-order valence-corrected chi connectivity index (χ4v) is 2.05. The molecule has 0 aliphatic rings. The van der Waals surface area contributed by atoms with Gasteiger partial charge in [0.2, 0.25) is 5.82 Å². The number of nitrogens with zero attached hydrogens (tertiary/aromatic N) is 3. The Morgan fingerprint density at radius 2 is 1.86 bits per heavy atom. The number of anilines is 2. The maximum atomic E-state index is 12.9. The molecule has 0 radical (unpaired) electrons. The molecule has 0 bridgehead atoms. The molecule has 0 amide bonds. The third-order valence-electron chi connectivity index (χ3n) is 2.87. The number of pyridine rings is 3. The van der Waals surface area contributed by atoms with Crippen molar-refractivity contribution >= 4 is 41.7 Å². The van der Waals surface area contributed by atoms with Gasteiger partial charge in [-0.05, 0) is 24.3 Å². The first-order valence-electron chi connectivity index (χ1n) is 6.12. The molecule has 0 unspecified atom stereocenters. The minimum absolute atomic E-state index is 0.237. The Morgan fingerprint density at radius 3 is 2.67 bits per heavy atom. The molecule has 104 valence electrons. The molecule has 0 spiro atoms. The van der Waals surface area contributed by atoms with Gasteiger partial charge >= 0.3 is 7.40 Å². The van der Waals surface area contributed by atoms with Gasteiger partial charge in [0.15, 0.2) is 5.65 Å². The van der Waals surface area contributed by atoms with Gasteiger partial charge < -0.3 is 0 Å². The second kappa shape index (κ2) is 5.61. The van der Waals surface area contributed by atoms with Gasteiger partial charge in [-0.2, -0.15) is 4.98 Å². The second-order valence-corrected chi connectivity index (χ2v) is 4.66. The maximum absolute atomic E-state index is 12.9. The number of aromatic nitrogens is 3. The maximum Gasteiger partial charge on any atom is 0.808 e. The number of halogens is 3. The van der Waals surface area contributed by atoms with Crippen LogP contribution in [-0.4, -0.2) is 17.4 Å². The van der Waals surface area contributed by atoms with Crippen LogP contribution in [-0.2, 0) is 0 Å². The highest BCUT2D eigenvalue weighted by molar-refractivity contribution is 6.32. The zero-order chi connectivity index (χ0) is 14.8. The third kappa shape index (κ3) is 2.92. The van der Waals surface area contributed by atoms with Gasteiger partial charge in [0.1, 0.15) is 5.15 Å². The summed E-state index contributed by atoms with van der Waals surface area (Å²) in [6.45, 7) is 0. The van der Waals surface area contributed by atoms with Crippen molar-refractivity contribution in [2.24, 2.45) is 0 Å². The van der Waals surface area contributed by atoms with Crippen LogP contribution in [0.1, 0.15) is 0 Å². The van der Waals surface area contributed by atoms with E-state index in [0.29, 0.717) is 16.6 Å². The number of nitrogens with one attached hydrogen (secondary N) is 1. The molecule has 0 fully saturated rings. The van der Waals surface area contributed by atoms with Gasteiger partial charge in [0.05, 0.1) is 6.20 Å². The van der Waals surface area contributed by atoms with Crippen molar-refractivity contribution in [3.8, 4) is 0 Å². The van der Waals surface area contributed by atoms with Crippen LogP contribution in [0.2, 0.25) is 5.15 Å². The topological polar surface area (TPSA) is 41.7 Å². The summed E-state index contributed by atoms with van der Waals surface area (Å²) in [5, 5.41) is 4.00. The highest BCUT2D eigenvalue weighted by Crippen LogP contribution is 2.18. The van der Waals surface area contributed by atoms with Crippen LogP contribution in [0.5, 0.6) is 0 Å². The van der Waals surface area contributed by atoms with Crippen molar-refractivity contribution in [1.82, 2.24) is 9.97 Å². The molecule has 21 heavy (non-hydrogen) atoms. The molecule has 3 aromatic heterocycles. The van der Waals surface area contributed by atoms with E-state index >= 15 is 0 Å². The highest BCUT2D eigenvalue weighted by Gasteiger charge is 2.28. The van der Waals surface area contributed by atoms with E-state index in [-0.39, 0.29) is 5.82 Å². The number of fused-ring (bicyclic) bond motifs is 1. The Kier molecular flexibility index (Phi) is 3.66. The lowest BCUT2D eigenvalue weighted by Crippen LogP contribution is -2.47. The van der Waals surface area contributed by atoms with Gasteiger partial charge in [-0.1, -0.05) is 17.7 Å². The van der Waals surface area contributed by atoms with E-state index in [9.17, 15) is 8.63 Å². The lowest BCUT2D eigenvalue weighted by Gasteiger charge is -2.04. The zero-order valence-corrected chi connectivity index (χ0v) is 11.4. The molecule has 3 heterocycles. The number of hydrogen-bond donors (Lipinski definition) is 1. The van der Waals surface area contributed by atoms with Crippen molar-refractivity contribution < 1.29 is 13.1 Å². The number of hydrogen-bond acceptors (Lipinski definition) is 3. The molecule has 0 atom stereocenters. The van der Waals surface area contributed by atoms with Crippen LogP contribution in [0.4, 0.5) is 20.3 Å². The smallest absolute Gasteiger partial charge is 0.240 e. The summed E-state index contributed by atoms with van der Waals surface area (Å²) in [5.41, 5.74) is 0.451. The Balaban J connectivity index is 1.98. The predicted molar refractivity (Wildman–Crippen MR) is 77.8 cm³/mol. The molecular weight excluding hydrogens is 296 g/mol. The normalized spacial score (nSPS) is 10.6. The van der Waals surface area contributed by atoms with E-state index in [1.807, 2.05) is 0 Å². The van der Waals surface area contributed by atoms with E-state index in [0.717, 1.165) is 9.86 Å². The molecule has 8 heteroatoms. The summed E-state index contributed by atoms with van der Waals surface area (Å²) in [4.78, 5) is 8.36. The molecule has 0 saturated heterocycles.